The summed E-state index contributed by atoms with van der Waals surface area (Å²) >= 11 is 1.84. The zero-order valence-corrected chi connectivity index (χ0v) is 34.4. The molecule has 3 nitrogen and oxygen atoms in total. The Kier molecular flexibility index (Phi) is 7.23. The van der Waals surface area contributed by atoms with Gasteiger partial charge in [-0.15, -0.1) is 11.3 Å². The predicted octanol–water partition coefficient (Wildman–Crippen LogP) is 17.0. The first-order valence-electron chi connectivity index (χ1n) is 20.9. The maximum Gasteiger partial charge on any atom is 0.159 e. The summed E-state index contributed by atoms with van der Waals surface area (Å²) in [6.45, 7) is 4.69. The lowest BCUT2D eigenvalue weighted by atomic mass is 9.81. The minimum Gasteiger partial charge on any atom is -0.456 e. The molecule has 0 saturated carbocycles. The van der Waals surface area contributed by atoms with Crippen molar-refractivity contribution in [1.82, 2.24) is 0 Å². The highest BCUT2D eigenvalue weighted by atomic mass is 32.1. The van der Waals surface area contributed by atoms with Gasteiger partial charge in [0, 0.05) is 53.7 Å². The Balaban J connectivity index is 1.09. The first-order chi connectivity index (χ1) is 30.0. The van der Waals surface area contributed by atoms with E-state index in [0.29, 0.717) is 0 Å². The van der Waals surface area contributed by atoms with E-state index in [9.17, 15) is 0 Å². The molecule has 0 unspecified atom stereocenters. The first-order valence-corrected chi connectivity index (χ1v) is 21.7. The van der Waals surface area contributed by atoms with Gasteiger partial charge in [-0.1, -0.05) is 153 Å². The summed E-state index contributed by atoms with van der Waals surface area (Å²) in [6, 6.07) is 67.9. The average Bonchev–Trinajstić information content (AvgIpc) is 4.05. The minimum absolute atomic E-state index is 0.154. The largest absolute Gasteiger partial charge is 0.456 e. The van der Waals surface area contributed by atoms with Gasteiger partial charge in [0.2, 0.25) is 0 Å². The molecule has 1 aliphatic carbocycles. The first kappa shape index (κ1) is 34.5. The van der Waals surface area contributed by atoms with E-state index in [0.717, 1.165) is 72.1 Å². The molecule has 61 heavy (non-hydrogen) atoms. The summed E-state index contributed by atoms with van der Waals surface area (Å²) in [4.78, 5) is 2.39. The molecule has 0 spiro atoms. The van der Waals surface area contributed by atoms with Gasteiger partial charge in [-0.2, -0.15) is 0 Å². The van der Waals surface area contributed by atoms with Crippen LogP contribution in [-0.2, 0) is 5.41 Å². The topological polar surface area (TPSA) is 29.5 Å². The molecular weight excluding hydrogens is 763 g/mol. The number of furan rings is 2. The van der Waals surface area contributed by atoms with E-state index in [1.807, 2.05) is 17.4 Å². The van der Waals surface area contributed by atoms with E-state index in [2.05, 4.69) is 201 Å². The van der Waals surface area contributed by atoms with Gasteiger partial charge in [0.1, 0.15) is 16.7 Å². The Morgan fingerprint density at radius 1 is 0.443 bits per heavy atom. The fourth-order valence-corrected chi connectivity index (χ4v) is 11.4. The minimum atomic E-state index is -0.154. The molecule has 0 fully saturated rings. The summed E-state index contributed by atoms with van der Waals surface area (Å²) in [7, 11) is 0. The van der Waals surface area contributed by atoms with Crippen molar-refractivity contribution in [1.29, 1.82) is 0 Å². The second kappa shape index (κ2) is 12.8. The average molecular weight is 800 g/mol. The number of anilines is 3. The van der Waals surface area contributed by atoms with E-state index >= 15 is 0 Å². The standard InChI is InChI=1S/C57H37NO2S/c1-57(2)45-21-9-6-16-38(45)39-31-28-36(32-46(39)57)52-53-43-18-7-10-24-49(43)59-50(53)33-44-41-19-12-22-47(54(41)60-55(44)52)58(37-29-26-35(27-30-37)34-14-4-3-5-15-34)48-23-13-20-42-40-17-8-11-25-51(40)61-56(42)48/h3-33H,1-2H3. The van der Waals surface area contributed by atoms with E-state index < -0.39 is 0 Å². The third-order valence-electron chi connectivity index (χ3n) is 13.1. The Labute approximate surface area is 356 Å². The Bertz CT molecular complexity index is 3740. The molecule has 3 aromatic heterocycles. The molecule has 0 atom stereocenters. The van der Waals surface area contributed by atoms with Crippen LogP contribution in [0.3, 0.4) is 0 Å². The molecule has 0 bridgehead atoms. The summed E-state index contributed by atoms with van der Waals surface area (Å²) < 4.78 is 16.7. The van der Waals surface area contributed by atoms with Crippen LogP contribution in [0.2, 0.25) is 0 Å². The summed E-state index contributed by atoms with van der Waals surface area (Å²) in [6.07, 6.45) is 0. The molecule has 13 rings (SSSR count). The Morgan fingerprint density at radius 3 is 1.98 bits per heavy atom. The molecule has 0 radical (unpaired) electrons. The molecular formula is C57H37NO2S. The molecule has 0 amide bonds. The fraction of sp³-hybridized carbons (Fsp3) is 0.0526. The Morgan fingerprint density at radius 2 is 1.11 bits per heavy atom. The van der Waals surface area contributed by atoms with Crippen molar-refractivity contribution >= 4 is 92.4 Å². The molecule has 1 aliphatic rings. The van der Waals surface area contributed by atoms with Crippen molar-refractivity contribution in [3.63, 3.8) is 0 Å². The number of nitrogens with zero attached hydrogens (tertiary/aromatic N) is 1. The van der Waals surface area contributed by atoms with Gasteiger partial charge in [-0.3, -0.25) is 0 Å². The molecule has 12 aromatic rings. The monoisotopic (exact) mass is 799 g/mol. The van der Waals surface area contributed by atoms with E-state index in [1.54, 1.807) is 0 Å². The van der Waals surface area contributed by atoms with Gasteiger partial charge >= 0.3 is 0 Å². The maximum absolute atomic E-state index is 7.44. The third-order valence-corrected chi connectivity index (χ3v) is 14.3. The maximum atomic E-state index is 7.44. The molecule has 4 heteroatoms. The van der Waals surface area contributed by atoms with Gasteiger partial charge in [0.15, 0.2) is 5.58 Å². The number of thiophene rings is 1. The van der Waals surface area contributed by atoms with Crippen LogP contribution in [0.1, 0.15) is 25.0 Å². The van der Waals surface area contributed by atoms with Gasteiger partial charge in [0.05, 0.1) is 16.1 Å². The highest BCUT2D eigenvalue weighted by molar-refractivity contribution is 7.26. The summed E-state index contributed by atoms with van der Waals surface area (Å²) in [5, 5.41) is 6.73. The fourth-order valence-electron chi connectivity index (χ4n) is 10.2. The van der Waals surface area contributed by atoms with E-state index in [1.165, 1.54) is 53.6 Å². The quantitative estimate of drug-likeness (QED) is 0.174. The van der Waals surface area contributed by atoms with Crippen molar-refractivity contribution in [3.8, 4) is 33.4 Å². The van der Waals surface area contributed by atoms with Gasteiger partial charge < -0.3 is 13.7 Å². The zero-order valence-electron chi connectivity index (χ0n) is 33.6. The van der Waals surface area contributed by atoms with E-state index in [4.69, 9.17) is 8.83 Å². The number of hydrogen-bond donors (Lipinski definition) is 0. The van der Waals surface area contributed by atoms with Crippen LogP contribution in [-0.4, -0.2) is 0 Å². The lowest BCUT2D eigenvalue weighted by molar-refractivity contribution is 0.660. The second-order valence-corrected chi connectivity index (χ2v) is 17.8. The summed E-state index contributed by atoms with van der Waals surface area (Å²) in [5.74, 6) is 0. The second-order valence-electron chi connectivity index (χ2n) is 16.8. The highest BCUT2D eigenvalue weighted by Gasteiger charge is 2.36. The van der Waals surface area contributed by atoms with Crippen LogP contribution in [0, 0.1) is 0 Å². The van der Waals surface area contributed by atoms with Crippen molar-refractivity contribution in [2.24, 2.45) is 0 Å². The summed E-state index contributed by atoms with van der Waals surface area (Å²) in [5.41, 5.74) is 16.2. The number of para-hydroxylation sites is 2. The molecule has 0 saturated heterocycles. The zero-order chi connectivity index (χ0) is 40.4. The third kappa shape index (κ3) is 4.97. The molecule has 9 aromatic carbocycles. The lowest BCUT2D eigenvalue weighted by Crippen LogP contribution is -2.14. The number of hydrogen-bond acceptors (Lipinski definition) is 4. The van der Waals surface area contributed by atoms with Crippen LogP contribution in [0.15, 0.2) is 197 Å². The van der Waals surface area contributed by atoms with Crippen LogP contribution >= 0.6 is 11.3 Å². The SMILES string of the molecule is CC1(C)c2ccccc2-c2ccc(-c3c4oc5c(N(c6ccc(-c7ccccc7)cc6)c6cccc7c6sc6ccccc67)cccc5c4cc4oc5ccccc5c34)cc21. The smallest absolute Gasteiger partial charge is 0.159 e. The van der Waals surface area contributed by atoms with Crippen molar-refractivity contribution in [3.05, 3.63) is 199 Å². The Hall–Kier alpha value is -7.40. The normalized spacial score (nSPS) is 13.2. The molecule has 3 heterocycles. The van der Waals surface area contributed by atoms with Crippen LogP contribution in [0.4, 0.5) is 17.1 Å². The number of fused-ring (bicyclic) bond motifs is 12. The van der Waals surface area contributed by atoms with Crippen LogP contribution < -0.4 is 4.90 Å². The lowest BCUT2D eigenvalue weighted by Gasteiger charge is -2.26. The highest BCUT2D eigenvalue weighted by Crippen LogP contribution is 2.53. The number of rotatable bonds is 5. The van der Waals surface area contributed by atoms with E-state index in [-0.39, 0.29) is 5.41 Å². The van der Waals surface area contributed by atoms with Gasteiger partial charge in [0.25, 0.3) is 0 Å². The van der Waals surface area contributed by atoms with Crippen LogP contribution in [0.25, 0.3) is 97.4 Å². The van der Waals surface area contributed by atoms with Gasteiger partial charge in [-0.25, -0.2) is 0 Å². The van der Waals surface area contributed by atoms with Crippen LogP contribution in [0.5, 0.6) is 0 Å². The number of benzene rings is 9. The van der Waals surface area contributed by atoms with Crippen molar-refractivity contribution in [2.45, 2.75) is 19.3 Å². The molecule has 288 valence electrons. The van der Waals surface area contributed by atoms with Crippen molar-refractivity contribution < 1.29 is 8.83 Å². The molecule has 0 aliphatic heterocycles. The molecule has 0 N–H and O–H groups in total. The van der Waals surface area contributed by atoms with Gasteiger partial charge in [-0.05, 0) is 87.5 Å². The van der Waals surface area contributed by atoms with Crippen molar-refractivity contribution in [2.75, 3.05) is 4.90 Å². The predicted molar refractivity (Wildman–Crippen MR) is 257 cm³/mol.